The van der Waals surface area contributed by atoms with Crippen molar-refractivity contribution in [3.05, 3.63) is 64.3 Å². The Labute approximate surface area is 105 Å². The minimum Gasteiger partial charge on any atom is -0.383 e. The third-order valence-electron chi connectivity index (χ3n) is 2.72. The summed E-state index contributed by atoms with van der Waals surface area (Å²) in [4.78, 5) is 11.7. The number of pyridine rings is 1. The smallest absolute Gasteiger partial charge is 0.253 e. The van der Waals surface area contributed by atoms with Gasteiger partial charge in [0.1, 0.15) is 5.82 Å². The highest BCUT2D eigenvalue weighted by atomic mass is 19.1. The highest BCUT2D eigenvalue weighted by Crippen LogP contribution is 2.08. The van der Waals surface area contributed by atoms with E-state index in [0.717, 1.165) is 11.3 Å². The van der Waals surface area contributed by atoms with E-state index in [1.54, 1.807) is 35.9 Å². The van der Waals surface area contributed by atoms with Gasteiger partial charge in [-0.3, -0.25) is 4.79 Å². The summed E-state index contributed by atoms with van der Waals surface area (Å²) in [6.07, 6.45) is 1.75. The summed E-state index contributed by atoms with van der Waals surface area (Å²) < 4.78 is 14.6. The molecule has 3 nitrogen and oxygen atoms in total. The summed E-state index contributed by atoms with van der Waals surface area (Å²) in [5.41, 5.74) is 1.46. The number of benzene rings is 1. The number of anilines is 1. The lowest BCUT2D eigenvalue weighted by Crippen LogP contribution is -2.24. The normalized spacial score (nSPS) is 10.3. The van der Waals surface area contributed by atoms with Gasteiger partial charge in [0.05, 0.1) is 0 Å². The molecule has 1 N–H and O–H groups in total. The molecule has 0 fully saturated rings. The second-order valence-corrected chi connectivity index (χ2v) is 4.13. The van der Waals surface area contributed by atoms with Gasteiger partial charge in [0.2, 0.25) is 0 Å². The molecule has 0 radical (unpaired) electrons. The van der Waals surface area contributed by atoms with Crippen molar-refractivity contribution in [2.75, 3.05) is 11.9 Å². The Kier molecular flexibility index (Phi) is 3.77. The Morgan fingerprint density at radius 2 is 2.11 bits per heavy atom. The summed E-state index contributed by atoms with van der Waals surface area (Å²) >= 11 is 0. The number of hydrogen-bond acceptors (Lipinski definition) is 2. The van der Waals surface area contributed by atoms with Crippen LogP contribution in [0.2, 0.25) is 0 Å². The van der Waals surface area contributed by atoms with Crippen LogP contribution in [0.15, 0.2) is 47.4 Å². The number of halogens is 1. The first-order valence-electron chi connectivity index (χ1n) is 5.82. The first-order chi connectivity index (χ1) is 8.66. The molecule has 0 saturated carbocycles. The van der Waals surface area contributed by atoms with E-state index in [9.17, 15) is 9.18 Å². The second kappa shape index (κ2) is 5.49. The van der Waals surface area contributed by atoms with Gasteiger partial charge >= 0.3 is 0 Å². The van der Waals surface area contributed by atoms with Gasteiger partial charge in [0.25, 0.3) is 5.56 Å². The van der Waals surface area contributed by atoms with E-state index in [1.165, 1.54) is 12.1 Å². The van der Waals surface area contributed by atoms with Gasteiger partial charge in [-0.05, 0) is 31.2 Å². The van der Waals surface area contributed by atoms with Crippen molar-refractivity contribution in [2.24, 2.45) is 0 Å². The SMILES string of the molecule is Cc1cccn(CCNc2cccc(F)c2)c1=O. The fraction of sp³-hybridized carbons (Fsp3) is 0.214. The molecular formula is C14H15FN2O. The van der Waals surface area contributed by atoms with Crippen LogP contribution in [-0.2, 0) is 6.54 Å². The molecule has 18 heavy (non-hydrogen) atoms. The Hall–Kier alpha value is -2.10. The Bertz CT molecular complexity index is 592. The lowest BCUT2D eigenvalue weighted by Gasteiger charge is -2.09. The molecule has 0 aliphatic heterocycles. The predicted molar refractivity (Wildman–Crippen MR) is 70.3 cm³/mol. The number of hydrogen-bond donors (Lipinski definition) is 1. The van der Waals surface area contributed by atoms with Crippen LogP contribution in [0.3, 0.4) is 0 Å². The molecule has 2 rings (SSSR count). The lowest BCUT2D eigenvalue weighted by molar-refractivity contribution is 0.627. The molecule has 0 aliphatic rings. The highest BCUT2D eigenvalue weighted by molar-refractivity contribution is 5.42. The molecule has 1 heterocycles. The minimum atomic E-state index is -0.271. The maximum absolute atomic E-state index is 12.9. The summed E-state index contributed by atoms with van der Waals surface area (Å²) in [6.45, 7) is 2.92. The standard InChI is InChI=1S/C14H15FN2O/c1-11-4-3-8-17(14(11)18)9-7-16-13-6-2-5-12(15)10-13/h2-6,8,10,16H,7,9H2,1H3. The van der Waals surface area contributed by atoms with Gasteiger partial charge in [0, 0.05) is 30.5 Å². The summed E-state index contributed by atoms with van der Waals surface area (Å²) in [7, 11) is 0. The molecule has 0 saturated heterocycles. The zero-order valence-corrected chi connectivity index (χ0v) is 10.2. The molecule has 94 valence electrons. The van der Waals surface area contributed by atoms with Crippen molar-refractivity contribution in [2.45, 2.75) is 13.5 Å². The zero-order chi connectivity index (χ0) is 13.0. The number of aryl methyl sites for hydroxylation is 1. The van der Waals surface area contributed by atoms with E-state index >= 15 is 0 Å². The molecule has 2 aromatic rings. The van der Waals surface area contributed by atoms with Crippen LogP contribution in [0.1, 0.15) is 5.56 Å². The Morgan fingerprint density at radius 3 is 2.89 bits per heavy atom. The van der Waals surface area contributed by atoms with E-state index in [0.29, 0.717) is 13.1 Å². The fourth-order valence-corrected chi connectivity index (χ4v) is 1.75. The molecule has 0 atom stereocenters. The third-order valence-corrected chi connectivity index (χ3v) is 2.72. The second-order valence-electron chi connectivity index (χ2n) is 4.13. The summed E-state index contributed by atoms with van der Waals surface area (Å²) in [5.74, 6) is -0.271. The van der Waals surface area contributed by atoms with Crippen LogP contribution in [0.4, 0.5) is 10.1 Å². The summed E-state index contributed by atoms with van der Waals surface area (Å²) in [6, 6.07) is 9.91. The first-order valence-corrected chi connectivity index (χ1v) is 5.82. The van der Waals surface area contributed by atoms with Crippen LogP contribution in [0.25, 0.3) is 0 Å². The molecule has 0 aliphatic carbocycles. The van der Waals surface area contributed by atoms with E-state index in [1.807, 2.05) is 6.07 Å². The molecular weight excluding hydrogens is 231 g/mol. The monoisotopic (exact) mass is 246 g/mol. The lowest BCUT2D eigenvalue weighted by atomic mass is 10.3. The van der Waals surface area contributed by atoms with Gasteiger partial charge in [-0.1, -0.05) is 12.1 Å². The summed E-state index contributed by atoms with van der Waals surface area (Å²) in [5, 5.41) is 3.08. The van der Waals surface area contributed by atoms with Crippen LogP contribution < -0.4 is 10.9 Å². The average molecular weight is 246 g/mol. The van der Waals surface area contributed by atoms with E-state index in [2.05, 4.69) is 5.32 Å². The fourth-order valence-electron chi connectivity index (χ4n) is 1.75. The molecule has 0 amide bonds. The number of nitrogens with zero attached hydrogens (tertiary/aromatic N) is 1. The van der Waals surface area contributed by atoms with Crippen LogP contribution in [0, 0.1) is 12.7 Å². The van der Waals surface area contributed by atoms with Gasteiger partial charge < -0.3 is 9.88 Å². The van der Waals surface area contributed by atoms with E-state index in [4.69, 9.17) is 0 Å². The Balaban J connectivity index is 1.97. The van der Waals surface area contributed by atoms with Gasteiger partial charge in [-0.25, -0.2) is 4.39 Å². The first kappa shape index (κ1) is 12.4. The van der Waals surface area contributed by atoms with Crippen molar-refractivity contribution in [1.29, 1.82) is 0 Å². The van der Waals surface area contributed by atoms with Gasteiger partial charge in [-0.15, -0.1) is 0 Å². The highest BCUT2D eigenvalue weighted by Gasteiger charge is 1.98. The largest absolute Gasteiger partial charge is 0.383 e. The van der Waals surface area contributed by atoms with Crippen LogP contribution >= 0.6 is 0 Å². The predicted octanol–water partition coefficient (Wildman–Crippen LogP) is 2.41. The number of aromatic nitrogens is 1. The van der Waals surface area contributed by atoms with E-state index < -0.39 is 0 Å². The average Bonchev–Trinajstić information content (AvgIpc) is 2.35. The van der Waals surface area contributed by atoms with Crippen LogP contribution in [0.5, 0.6) is 0 Å². The zero-order valence-electron chi connectivity index (χ0n) is 10.2. The van der Waals surface area contributed by atoms with Crippen molar-refractivity contribution in [1.82, 2.24) is 4.57 Å². The van der Waals surface area contributed by atoms with Gasteiger partial charge in [-0.2, -0.15) is 0 Å². The maximum Gasteiger partial charge on any atom is 0.253 e. The number of rotatable bonds is 4. The third kappa shape index (κ3) is 2.97. The van der Waals surface area contributed by atoms with Crippen molar-refractivity contribution in [3.63, 3.8) is 0 Å². The van der Waals surface area contributed by atoms with Crippen molar-refractivity contribution >= 4 is 5.69 Å². The number of nitrogens with one attached hydrogen (secondary N) is 1. The minimum absolute atomic E-state index is 0.0125. The van der Waals surface area contributed by atoms with Crippen LogP contribution in [-0.4, -0.2) is 11.1 Å². The quantitative estimate of drug-likeness (QED) is 0.898. The Morgan fingerprint density at radius 1 is 1.28 bits per heavy atom. The topological polar surface area (TPSA) is 34.0 Å². The molecule has 1 aromatic carbocycles. The molecule has 4 heteroatoms. The molecule has 0 bridgehead atoms. The van der Waals surface area contributed by atoms with Gasteiger partial charge in [0.15, 0.2) is 0 Å². The van der Waals surface area contributed by atoms with Crippen molar-refractivity contribution < 1.29 is 4.39 Å². The maximum atomic E-state index is 12.9. The molecule has 1 aromatic heterocycles. The van der Waals surface area contributed by atoms with E-state index in [-0.39, 0.29) is 11.4 Å². The molecule has 0 unspecified atom stereocenters. The van der Waals surface area contributed by atoms with Crippen molar-refractivity contribution in [3.8, 4) is 0 Å². The molecule has 0 spiro atoms.